The van der Waals surface area contributed by atoms with Gasteiger partial charge in [0.1, 0.15) is 0 Å². The maximum Gasteiger partial charge on any atom is 0.338 e. The van der Waals surface area contributed by atoms with E-state index >= 15 is 0 Å². The zero-order chi connectivity index (χ0) is 21.7. The topological polar surface area (TPSA) is 103 Å². The highest BCUT2D eigenvalue weighted by Gasteiger charge is 2.23. The number of carbonyl (C=O) groups is 1. The molecule has 0 aliphatic heterocycles. The van der Waals surface area contributed by atoms with Crippen LogP contribution in [0.1, 0.15) is 30.1 Å². The number of nitrogens with zero attached hydrogens (tertiary/aromatic N) is 3. The molecule has 0 saturated heterocycles. The molecule has 30 heavy (non-hydrogen) atoms. The minimum atomic E-state index is -3.67. The molecule has 1 heterocycles. The number of benzene rings is 2. The van der Waals surface area contributed by atoms with Crippen LogP contribution in [0.3, 0.4) is 0 Å². The van der Waals surface area contributed by atoms with Gasteiger partial charge in [-0.15, -0.1) is 10.2 Å². The zero-order valence-corrected chi connectivity index (χ0v) is 18.8. The van der Waals surface area contributed by atoms with Crippen LogP contribution in [0.15, 0.2) is 62.3 Å². The van der Waals surface area contributed by atoms with Gasteiger partial charge in [0, 0.05) is 23.1 Å². The van der Waals surface area contributed by atoms with Crippen molar-refractivity contribution in [3.63, 3.8) is 0 Å². The van der Waals surface area contributed by atoms with Crippen LogP contribution < -0.4 is 0 Å². The van der Waals surface area contributed by atoms with E-state index in [1.54, 1.807) is 13.8 Å². The Hall–Kier alpha value is -2.56. The van der Waals surface area contributed by atoms with Crippen LogP contribution in [0.25, 0.3) is 11.5 Å². The van der Waals surface area contributed by atoms with E-state index in [4.69, 9.17) is 9.15 Å². The molecule has 3 aromatic rings. The summed E-state index contributed by atoms with van der Waals surface area (Å²) < 4.78 is 38.3. The van der Waals surface area contributed by atoms with Gasteiger partial charge in [0.25, 0.3) is 5.89 Å². The van der Waals surface area contributed by atoms with Crippen molar-refractivity contribution in [1.29, 1.82) is 0 Å². The summed E-state index contributed by atoms with van der Waals surface area (Å²) in [6, 6.07) is 13.1. The van der Waals surface area contributed by atoms with Crippen LogP contribution in [0.2, 0.25) is 0 Å². The van der Waals surface area contributed by atoms with Gasteiger partial charge in [-0.2, -0.15) is 4.31 Å². The van der Waals surface area contributed by atoms with Crippen molar-refractivity contribution in [2.45, 2.75) is 25.3 Å². The minimum absolute atomic E-state index is 0.0379. The van der Waals surface area contributed by atoms with E-state index in [2.05, 4.69) is 26.1 Å². The SMILES string of the molecule is CCN(CC)S(=O)(=O)c1cccc(C(=O)OCc2nnc(-c3ccc(Br)cc3)o2)c1. The van der Waals surface area contributed by atoms with Gasteiger partial charge in [-0.05, 0) is 42.5 Å². The van der Waals surface area contributed by atoms with Gasteiger partial charge < -0.3 is 9.15 Å². The van der Waals surface area contributed by atoms with Crippen molar-refractivity contribution in [1.82, 2.24) is 14.5 Å². The normalized spacial score (nSPS) is 11.6. The molecule has 2 aromatic carbocycles. The largest absolute Gasteiger partial charge is 0.452 e. The third-order valence-corrected chi connectivity index (χ3v) is 6.87. The molecular formula is C20H20BrN3O5S. The first-order valence-electron chi connectivity index (χ1n) is 9.20. The van der Waals surface area contributed by atoms with Crippen molar-refractivity contribution >= 4 is 31.9 Å². The van der Waals surface area contributed by atoms with Crippen LogP contribution in [0, 0.1) is 0 Å². The first kappa shape index (κ1) is 22.1. The average Bonchev–Trinajstić information content (AvgIpc) is 3.22. The molecule has 0 spiro atoms. The van der Waals surface area contributed by atoms with Crippen molar-refractivity contribution in [2.24, 2.45) is 0 Å². The summed E-state index contributed by atoms with van der Waals surface area (Å²) >= 11 is 3.35. The van der Waals surface area contributed by atoms with Crippen molar-refractivity contribution < 1.29 is 22.4 Å². The van der Waals surface area contributed by atoms with Crippen LogP contribution in [-0.2, 0) is 21.4 Å². The summed E-state index contributed by atoms with van der Waals surface area (Å²) in [7, 11) is -3.67. The number of hydrogen-bond acceptors (Lipinski definition) is 7. The zero-order valence-electron chi connectivity index (χ0n) is 16.4. The fourth-order valence-electron chi connectivity index (χ4n) is 2.73. The molecule has 0 unspecified atom stereocenters. The van der Waals surface area contributed by atoms with E-state index in [1.165, 1.54) is 28.6 Å². The van der Waals surface area contributed by atoms with Crippen molar-refractivity contribution in [3.8, 4) is 11.5 Å². The average molecular weight is 494 g/mol. The van der Waals surface area contributed by atoms with Gasteiger partial charge in [-0.1, -0.05) is 35.8 Å². The summed E-state index contributed by atoms with van der Waals surface area (Å²) in [5, 5.41) is 7.82. The maximum atomic E-state index is 12.6. The first-order valence-corrected chi connectivity index (χ1v) is 11.4. The number of carbonyl (C=O) groups excluding carboxylic acids is 1. The quantitative estimate of drug-likeness (QED) is 0.438. The van der Waals surface area contributed by atoms with E-state index in [-0.39, 0.29) is 23.0 Å². The molecule has 0 amide bonds. The van der Waals surface area contributed by atoms with Crippen LogP contribution in [0.4, 0.5) is 0 Å². The predicted octanol–water partition coefficient (Wildman–Crippen LogP) is 3.89. The van der Waals surface area contributed by atoms with E-state index in [0.29, 0.717) is 19.0 Å². The van der Waals surface area contributed by atoms with E-state index in [0.717, 1.165) is 10.0 Å². The van der Waals surface area contributed by atoms with Gasteiger partial charge in [-0.3, -0.25) is 0 Å². The summed E-state index contributed by atoms with van der Waals surface area (Å²) in [4.78, 5) is 12.4. The molecular weight excluding hydrogens is 474 g/mol. The molecule has 10 heteroatoms. The lowest BCUT2D eigenvalue weighted by Crippen LogP contribution is -2.30. The monoisotopic (exact) mass is 493 g/mol. The van der Waals surface area contributed by atoms with Crippen LogP contribution in [0.5, 0.6) is 0 Å². The summed E-state index contributed by atoms with van der Waals surface area (Å²) in [5.74, 6) is -0.246. The molecule has 0 radical (unpaired) electrons. The third-order valence-electron chi connectivity index (χ3n) is 4.30. The molecule has 158 valence electrons. The lowest BCUT2D eigenvalue weighted by Gasteiger charge is -2.18. The summed E-state index contributed by atoms with van der Waals surface area (Å²) in [6.07, 6.45) is 0. The highest BCUT2D eigenvalue weighted by molar-refractivity contribution is 9.10. The van der Waals surface area contributed by atoms with E-state index in [1.807, 2.05) is 24.3 Å². The molecule has 1 aromatic heterocycles. The lowest BCUT2D eigenvalue weighted by atomic mass is 10.2. The Labute approximate surface area is 183 Å². The standard InChI is InChI=1S/C20H20BrN3O5S/c1-3-24(4-2)30(26,27)17-7-5-6-15(12-17)20(25)28-13-18-22-23-19(29-18)14-8-10-16(21)11-9-14/h5-12H,3-4,13H2,1-2H3. The third kappa shape index (κ3) is 4.94. The highest BCUT2D eigenvalue weighted by Crippen LogP contribution is 2.21. The molecule has 3 rings (SSSR count). The molecule has 0 saturated carbocycles. The minimum Gasteiger partial charge on any atom is -0.452 e. The molecule has 8 nitrogen and oxygen atoms in total. The fraction of sp³-hybridized carbons (Fsp3) is 0.250. The second-order valence-corrected chi connectivity index (χ2v) is 9.05. The predicted molar refractivity (Wildman–Crippen MR) is 113 cm³/mol. The van der Waals surface area contributed by atoms with Gasteiger partial charge >= 0.3 is 5.97 Å². The number of hydrogen-bond donors (Lipinski definition) is 0. The molecule has 0 N–H and O–H groups in total. The second kappa shape index (κ2) is 9.50. The Bertz CT molecular complexity index is 1130. The Morgan fingerprint density at radius 1 is 1.10 bits per heavy atom. The van der Waals surface area contributed by atoms with Gasteiger partial charge in [0.05, 0.1) is 10.5 Å². The number of sulfonamides is 1. The van der Waals surface area contributed by atoms with Crippen molar-refractivity contribution in [3.05, 3.63) is 64.5 Å². The highest BCUT2D eigenvalue weighted by atomic mass is 79.9. The number of halogens is 1. The van der Waals surface area contributed by atoms with E-state index < -0.39 is 16.0 Å². The van der Waals surface area contributed by atoms with E-state index in [9.17, 15) is 13.2 Å². The van der Waals surface area contributed by atoms with Gasteiger partial charge in [0.2, 0.25) is 15.9 Å². The Morgan fingerprint density at radius 2 is 1.80 bits per heavy atom. The molecule has 0 atom stereocenters. The molecule has 0 aliphatic carbocycles. The Kier molecular flexibility index (Phi) is 7.01. The Morgan fingerprint density at radius 3 is 2.47 bits per heavy atom. The van der Waals surface area contributed by atoms with Gasteiger partial charge in [-0.25, -0.2) is 13.2 Å². The smallest absolute Gasteiger partial charge is 0.338 e. The van der Waals surface area contributed by atoms with Crippen LogP contribution >= 0.6 is 15.9 Å². The number of aromatic nitrogens is 2. The lowest BCUT2D eigenvalue weighted by molar-refractivity contribution is 0.0438. The van der Waals surface area contributed by atoms with Gasteiger partial charge in [0.15, 0.2) is 6.61 Å². The second-order valence-electron chi connectivity index (χ2n) is 6.20. The number of ether oxygens (including phenoxy) is 1. The summed E-state index contributed by atoms with van der Waals surface area (Å²) in [6.45, 7) is 3.96. The molecule has 0 aliphatic rings. The first-order chi connectivity index (χ1) is 14.3. The fourth-order valence-corrected chi connectivity index (χ4v) is 4.50. The molecule has 0 fully saturated rings. The maximum absolute atomic E-state index is 12.6. The number of esters is 1. The summed E-state index contributed by atoms with van der Waals surface area (Å²) in [5.41, 5.74) is 0.855. The van der Waals surface area contributed by atoms with Crippen LogP contribution in [-0.4, -0.2) is 42.0 Å². The van der Waals surface area contributed by atoms with Crippen molar-refractivity contribution in [2.75, 3.05) is 13.1 Å². The molecule has 0 bridgehead atoms. The Balaban J connectivity index is 1.69. The number of rotatable bonds is 8.